The zero-order valence-electron chi connectivity index (χ0n) is 16.0. The highest BCUT2D eigenvalue weighted by atomic mass is 32.1. The van der Waals surface area contributed by atoms with E-state index in [2.05, 4.69) is 30.5 Å². The predicted molar refractivity (Wildman–Crippen MR) is 109 cm³/mol. The van der Waals surface area contributed by atoms with Gasteiger partial charge in [-0.3, -0.25) is 4.98 Å². The molecular weight excluding hydrogens is 338 g/mol. The molecule has 0 aromatic carbocycles. The van der Waals surface area contributed by atoms with Crippen molar-refractivity contribution in [3.05, 3.63) is 52.0 Å². The Balaban J connectivity index is 1.47. The van der Waals surface area contributed by atoms with Gasteiger partial charge in [0.1, 0.15) is 0 Å². The van der Waals surface area contributed by atoms with Crippen LogP contribution >= 0.6 is 11.3 Å². The van der Waals surface area contributed by atoms with Crippen molar-refractivity contribution in [2.75, 3.05) is 6.61 Å². The Morgan fingerprint density at radius 1 is 1.12 bits per heavy atom. The lowest BCUT2D eigenvalue weighted by molar-refractivity contribution is -0.104. The van der Waals surface area contributed by atoms with Crippen molar-refractivity contribution >= 4 is 11.3 Å². The van der Waals surface area contributed by atoms with Crippen LogP contribution in [0.4, 0.5) is 0 Å². The van der Waals surface area contributed by atoms with E-state index in [9.17, 15) is 0 Å². The number of unbranched alkanes of at least 4 members (excludes halogenated alkanes) is 1. The smallest absolute Gasteiger partial charge is 0.0691 e. The Labute approximate surface area is 162 Å². The number of hydrogen-bond donors (Lipinski definition) is 0. The molecule has 1 aliphatic carbocycles. The van der Waals surface area contributed by atoms with E-state index in [0.29, 0.717) is 0 Å². The average Bonchev–Trinajstić information content (AvgIpc) is 3.29. The standard InChI is InChI=1S/C23H31NOS/c1-19-10-17-26-20(19)8-2-4-11-22(21-9-3-7-15-24-21)14-16-25-23(18-22)12-5-6-13-23/h3,7,9-10,15,17H,2,4-6,8,11-14,16,18H2,1H3/t22-/m1/s1. The van der Waals surface area contributed by atoms with E-state index in [1.807, 2.05) is 23.6 Å². The third-order valence-corrected chi connectivity index (χ3v) is 7.73. The molecule has 1 atom stereocenters. The molecule has 3 heteroatoms. The molecule has 1 spiro atoms. The molecule has 140 valence electrons. The van der Waals surface area contributed by atoms with Crippen molar-refractivity contribution in [3.63, 3.8) is 0 Å². The van der Waals surface area contributed by atoms with Gasteiger partial charge in [0, 0.05) is 28.8 Å². The Morgan fingerprint density at radius 2 is 2.00 bits per heavy atom. The van der Waals surface area contributed by atoms with E-state index >= 15 is 0 Å². The zero-order chi connectivity index (χ0) is 17.9. The summed E-state index contributed by atoms with van der Waals surface area (Å²) in [5.41, 5.74) is 3.13. The summed E-state index contributed by atoms with van der Waals surface area (Å²) in [7, 11) is 0. The van der Waals surface area contributed by atoms with Crippen LogP contribution in [0.1, 0.15) is 73.9 Å². The fourth-order valence-electron chi connectivity index (χ4n) is 5.21. The van der Waals surface area contributed by atoms with Crippen molar-refractivity contribution < 1.29 is 4.74 Å². The first kappa shape index (κ1) is 18.2. The number of rotatable bonds is 6. The molecular formula is C23H31NOS. The van der Waals surface area contributed by atoms with Gasteiger partial charge in [0.25, 0.3) is 0 Å². The third-order valence-electron chi connectivity index (χ3n) is 6.65. The summed E-state index contributed by atoms with van der Waals surface area (Å²) in [5.74, 6) is 0. The van der Waals surface area contributed by atoms with E-state index in [4.69, 9.17) is 9.72 Å². The van der Waals surface area contributed by atoms with Gasteiger partial charge in [-0.05, 0) is 81.0 Å². The monoisotopic (exact) mass is 369 g/mol. The Hall–Kier alpha value is -1.19. The first-order chi connectivity index (χ1) is 12.7. The molecule has 26 heavy (non-hydrogen) atoms. The van der Waals surface area contributed by atoms with Gasteiger partial charge in [0.2, 0.25) is 0 Å². The normalized spacial score (nSPS) is 25.0. The number of thiophene rings is 1. The van der Waals surface area contributed by atoms with Crippen LogP contribution in [0.2, 0.25) is 0 Å². The van der Waals surface area contributed by atoms with Crippen molar-refractivity contribution in [1.29, 1.82) is 0 Å². The molecule has 4 rings (SSSR count). The third kappa shape index (κ3) is 3.75. The van der Waals surface area contributed by atoms with Crippen molar-refractivity contribution in [1.82, 2.24) is 4.98 Å². The van der Waals surface area contributed by atoms with Gasteiger partial charge < -0.3 is 4.74 Å². The average molecular weight is 370 g/mol. The van der Waals surface area contributed by atoms with E-state index in [1.54, 1.807) is 4.88 Å². The minimum atomic E-state index is 0.139. The maximum Gasteiger partial charge on any atom is 0.0691 e. The first-order valence-electron chi connectivity index (χ1n) is 10.3. The lowest BCUT2D eigenvalue weighted by atomic mass is 9.67. The molecule has 2 aliphatic rings. The fraction of sp³-hybridized carbons (Fsp3) is 0.609. The van der Waals surface area contributed by atoms with Gasteiger partial charge >= 0.3 is 0 Å². The second kappa shape index (κ2) is 7.82. The van der Waals surface area contributed by atoms with E-state index < -0.39 is 0 Å². The molecule has 1 saturated heterocycles. The zero-order valence-corrected chi connectivity index (χ0v) is 16.8. The Morgan fingerprint density at radius 3 is 2.73 bits per heavy atom. The van der Waals surface area contributed by atoms with E-state index in [0.717, 1.165) is 13.0 Å². The van der Waals surface area contributed by atoms with Crippen LogP contribution in [-0.4, -0.2) is 17.2 Å². The second-order valence-electron chi connectivity index (χ2n) is 8.39. The molecule has 2 fully saturated rings. The summed E-state index contributed by atoms with van der Waals surface area (Å²) in [6.07, 6.45) is 14.5. The van der Waals surface area contributed by atoms with E-state index in [1.165, 1.54) is 69.0 Å². The quantitative estimate of drug-likeness (QED) is 0.563. The minimum absolute atomic E-state index is 0.139. The molecule has 2 aromatic rings. The highest BCUT2D eigenvalue weighted by Gasteiger charge is 2.48. The maximum absolute atomic E-state index is 6.36. The number of pyridine rings is 1. The van der Waals surface area contributed by atoms with Crippen LogP contribution in [0.3, 0.4) is 0 Å². The van der Waals surface area contributed by atoms with Crippen LogP contribution in [-0.2, 0) is 16.6 Å². The van der Waals surface area contributed by atoms with Gasteiger partial charge in [0.05, 0.1) is 5.60 Å². The predicted octanol–water partition coefficient (Wildman–Crippen LogP) is 6.23. The van der Waals surface area contributed by atoms with Crippen molar-refractivity contribution in [2.45, 2.75) is 82.1 Å². The number of aromatic nitrogens is 1. The van der Waals surface area contributed by atoms with Crippen LogP contribution < -0.4 is 0 Å². The number of hydrogen-bond acceptors (Lipinski definition) is 3. The van der Waals surface area contributed by atoms with Gasteiger partial charge in [-0.15, -0.1) is 11.3 Å². The lowest BCUT2D eigenvalue weighted by Crippen LogP contribution is -2.46. The first-order valence-corrected chi connectivity index (χ1v) is 11.2. The number of aryl methyl sites for hydroxylation is 2. The highest BCUT2D eigenvalue weighted by molar-refractivity contribution is 7.10. The second-order valence-corrected chi connectivity index (χ2v) is 9.40. The SMILES string of the molecule is Cc1ccsc1CCCC[C@@]1(c2ccccn2)CCOC2(CCCC2)C1. The van der Waals surface area contributed by atoms with Gasteiger partial charge in [-0.25, -0.2) is 0 Å². The minimum Gasteiger partial charge on any atom is -0.375 e. The van der Waals surface area contributed by atoms with Crippen LogP contribution in [0.15, 0.2) is 35.8 Å². The highest BCUT2D eigenvalue weighted by Crippen LogP contribution is 2.50. The summed E-state index contributed by atoms with van der Waals surface area (Å²) in [4.78, 5) is 6.38. The topological polar surface area (TPSA) is 22.1 Å². The molecule has 1 aliphatic heterocycles. The van der Waals surface area contributed by atoms with Crippen LogP contribution in [0, 0.1) is 6.92 Å². The molecule has 0 unspecified atom stereocenters. The molecule has 0 N–H and O–H groups in total. The number of ether oxygens (including phenoxy) is 1. The summed E-state index contributed by atoms with van der Waals surface area (Å²) in [5, 5.41) is 2.22. The number of nitrogens with zero attached hydrogens (tertiary/aromatic N) is 1. The van der Waals surface area contributed by atoms with Gasteiger partial charge in [0.15, 0.2) is 0 Å². The molecule has 0 radical (unpaired) electrons. The lowest BCUT2D eigenvalue weighted by Gasteiger charge is -2.46. The van der Waals surface area contributed by atoms with Crippen molar-refractivity contribution in [3.8, 4) is 0 Å². The van der Waals surface area contributed by atoms with Gasteiger partial charge in [-0.2, -0.15) is 0 Å². The van der Waals surface area contributed by atoms with E-state index in [-0.39, 0.29) is 11.0 Å². The Bertz CT molecular complexity index is 704. The van der Waals surface area contributed by atoms with Crippen molar-refractivity contribution in [2.24, 2.45) is 0 Å². The summed E-state index contributed by atoms with van der Waals surface area (Å²) in [6, 6.07) is 8.71. The summed E-state index contributed by atoms with van der Waals surface area (Å²) >= 11 is 1.91. The molecule has 2 aromatic heterocycles. The summed E-state index contributed by atoms with van der Waals surface area (Å²) < 4.78 is 6.36. The van der Waals surface area contributed by atoms with Crippen LogP contribution in [0.5, 0.6) is 0 Å². The molecule has 0 bridgehead atoms. The molecule has 3 heterocycles. The molecule has 0 amide bonds. The van der Waals surface area contributed by atoms with Crippen LogP contribution in [0.25, 0.3) is 0 Å². The molecule has 1 saturated carbocycles. The molecule has 2 nitrogen and oxygen atoms in total. The fourth-order valence-corrected chi connectivity index (χ4v) is 6.16. The largest absolute Gasteiger partial charge is 0.375 e. The maximum atomic E-state index is 6.36. The Kier molecular flexibility index (Phi) is 5.47. The van der Waals surface area contributed by atoms with Gasteiger partial charge in [-0.1, -0.05) is 25.3 Å². The summed E-state index contributed by atoms with van der Waals surface area (Å²) in [6.45, 7) is 3.14.